The minimum Gasteiger partial charge on any atom is -0.341 e. The number of ketones is 1. The van der Waals surface area contributed by atoms with Gasteiger partial charge in [0, 0.05) is 43.1 Å². The molecule has 7 heteroatoms. The molecule has 1 fully saturated rings. The summed E-state index contributed by atoms with van der Waals surface area (Å²) >= 11 is 7.21. The van der Waals surface area contributed by atoms with Crippen LogP contribution in [0.15, 0.2) is 24.3 Å². The van der Waals surface area contributed by atoms with Gasteiger partial charge in [-0.05, 0) is 17.7 Å². The van der Waals surface area contributed by atoms with Gasteiger partial charge in [-0.3, -0.25) is 14.3 Å². The van der Waals surface area contributed by atoms with Crippen molar-refractivity contribution < 1.29 is 14.4 Å². The SMILES string of the molecule is CN(Cc1ccc(Cl)cc1)C(=O)CCC(=O)C1NSCC1C=O. The van der Waals surface area contributed by atoms with Crippen LogP contribution in [0.1, 0.15) is 18.4 Å². The summed E-state index contributed by atoms with van der Waals surface area (Å²) in [5.41, 5.74) is 0.978. The van der Waals surface area contributed by atoms with Crippen molar-refractivity contribution in [2.45, 2.75) is 25.4 Å². The Kier molecular flexibility index (Phi) is 6.62. The first-order valence-electron chi connectivity index (χ1n) is 7.35. The number of carbonyl (C=O) groups excluding carboxylic acids is 3. The molecule has 1 aromatic carbocycles. The fourth-order valence-electron chi connectivity index (χ4n) is 2.37. The van der Waals surface area contributed by atoms with Crippen molar-refractivity contribution in [2.75, 3.05) is 12.8 Å². The van der Waals surface area contributed by atoms with Crippen molar-refractivity contribution in [2.24, 2.45) is 5.92 Å². The highest BCUT2D eigenvalue weighted by Gasteiger charge is 2.32. The maximum atomic E-state index is 12.1. The fraction of sp³-hybridized carbons (Fsp3) is 0.438. The van der Waals surface area contributed by atoms with E-state index < -0.39 is 6.04 Å². The lowest BCUT2D eigenvalue weighted by Crippen LogP contribution is -2.36. The van der Waals surface area contributed by atoms with E-state index in [0.717, 1.165) is 11.8 Å². The highest BCUT2D eigenvalue weighted by molar-refractivity contribution is 7.97. The second-order valence-electron chi connectivity index (χ2n) is 5.55. The minimum absolute atomic E-state index is 0.0830. The van der Waals surface area contributed by atoms with Gasteiger partial charge in [0.15, 0.2) is 5.78 Å². The number of aldehydes is 1. The third-order valence-electron chi connectivity index (χ3n) is 3.78. The number of rotatable bonds is 7. The van der Waals surface area contributed by atoms with Crippen molar-refractivity contribution in [1.82, 2.24) is 9.62 Å². The molecule has 124 valence electrons. The van der Waals surface area contributed by atoms with E-state index >= 15 is 0 Å². The zero-order chi connectivity index (χ0) is 16.8. The van der Waals surface area contributed by atoms with Crippen molar-refractivity contribution in [3.63, 3.8) is 0 Å². The number of hydrogen-bond donors (Lipinski definition) is 1. The van der Waals surface area contributed by atoms with Crippen molar-refractivity contribution >= 4 is 41.5 Å². The molecule has 1 aliphatic heterocycles. The van der Waals surface area contributed by atoms with Gasteiger partial charge in [0.05, 0.1) is 6.04 Å². The monoisotopic (exact) mass is 354 g/mol. The van der Waals surface area contributed by atoms with Gasteiger partial charge in [0.2, 0.25) is 5.91 Å². The number of carbonyl (C=O) groups is 3. The summed E-state index contributed by atoms with van der Waals surface area (Å²) in [7, 11) is 1.71. The number of nitrogens with zero attached hydrogens (tertiary/aromatic N) is 1. The summed E-state index contributed by atoms with van der Waals surface area (Å²) < 4.78 is 2.95. The molecule has 0 aliphatic carbocycles. The van der Waals surface area contributed by atoms with Crippen LogP contribution in [0.3, 0.4) is 0 Å². The highest BCUT2D eigenvalue weighted by atomic mass is 35.5. The van der Waals surface area contributed by atoms with Gasteiger partial charge in [-0.15, -0.1) is 0 Å². The molecular formula is C16H19ClN2O3S. The van der Waals surface area contributed by atoms with Crippen LogP contribution in [0.4, 0.5) is 0 Å². The van der Waals surface area contributed by atoms with Crippen LogP contribution in [-0.4, -0.2) is 41.7 Å². The lowest BCUT2D eigenvalue weighted by Gasteiger charge is -2.18. The largest absolute Gasteiger partial charge is 0.341 e. The first kappa shape index (κ1) is 18.0. The highest BCUT2D eigenvalue weighted by Crippen LogP contribution is 2.21. The van der Waals surface area contributed by atoms with Crippen LogP contribution < -0.4 is 4.72 Å². The molecule has 1 heterocycles. The number of halogens is 1. The summed E-state index contributed by atoms with van der Waals surface area (Å²) in [6.07, 6.45) is 1.10. The number of benzene rings is 1. The zero-order valence-electron chi connectivity index (χ0n) is 12.8. The average Bonchev–Trinajstić information content (AvgIpc) is 3.03. The Morgan fingerprint density at radius 3 is 2.70 bits per heavy atom. The predicted octanol–water partition coefficient (Wildman–Crippen LogP) is 2.08. The summed E-state index contributed by atoms with van der Waals surface area (Å²) in [6, 6.07) is 6.83. The molecule has 1 aliphatic rings. The Morgan fingerprint density at radius 1 is 1.35 bits per heavy atom. The van der Waals surface area contributed by atoms with Crippen LogP contribution >= 0.6 is 23.5 Å². The van der Waals surface area contributed by atoms with E-state index in [-0.39, 0.29) is 30.4 Å². The molecule has 0 aromatic heterocycles. The number of Topliss-reactive ketones (excluding diaryl/α,β-unsaturated/α-hetero) is 1. The van der Waals surface area contributed by atoms with Gasteiger partial charge < -0.3 is 9.69 Å². The van der Waals surface area contributed by atoms with Crippen LogP contribution in [0.5, 0.6) is 0 Å². The Balaban J connectivity index is 1.80. The molecule has 5 nitrogen and oxygen atoms in total. The van der Waals surface area contributed by atoms with E-state index in [1.54, 1.807) is 24.1 Å². The maximum Gasteiger partial charge on any atom is 0.223 e. The lowest BCUT2D eigenvalue weighted by atomic mass is 9.97. The van der Waals surface area contributed by atoms with E-state index in [0.29, 0.717) is 17.3 Å². The molecule has 23 heavy (non-hydrogen) atoms. The molecule has 1 saturated heterocycles. The van der Waals surface area contributed by atoms with E-state index in [1.165, 1.54) is 11.9 Å². The number of nitrogens with one attached hydrogen (secondary N) is 1. The van der Waals surface area contributed by atoms with Crippen molar-refractivity contribution in [3.05, 3.63) is 34.9 Å². The molecule has 2 rings (SSSR count). The molecular weight excluding hydrogens is 336 g/mol. The second kappa shape index (κ2) is 8.47. The van der Waals surface area contributed by atoms with Gasteiger partial charge in [-0.2, -0.15) is 0 Å². The number of hydrogen-bond acceptors (Lipinski definition) is 5. The van der Waals surface area contributed by atoms with Gasteiger partial charge in [0.25, 0.3) is 0 Å². The molecule has 2 atom stereocenters. The van der Waals surface area contributed by atoms with Crippen molar-refractivity contribution in [1.29, 1.82) is 0 Å². The third kappa shape index (κ3) is 5.06. The smallest absolute Gasteiger partial charge is 0.223 e. The fourth-order valence-corrected chi connectivity index (χ4v) is 3.54. The Labute approximate surface area is 144 Å². The maximum absolute atomic E-state index is 12.1. The quantitative estimate of drug-likeness (QED) is 0.600. The average molecular weight is 355 g/mol. The predicted molar refractivity (Wildman–Crippen MR) is 91.1 cm³/mol. The molecule has 1 N–H and O–H groups in total. The molecule has 0 bridgehead atoms. The lowest BCUT2D eigenvalue weighted by molar-refractivity contribution is -0.133. The zero-order valence-corrected chi connectivity index (χ0v) is 14.4. The molecule has 0 radical (unpaired) electrons. The number of amides is 1. The standard InChI is InChI=1S/C16H19ClN2O3S/c1-19(8-11-2-4-13(17)5-3-11)15(22)7-6-14(21)16-12(9-20)10-23-18-16/h2-5,9,12,16,18H,6-8,10H2,1H3. The second-order valence-corrected chi connectivity index (χ2v) is 6.84. The van der Waals surface area contributed by atoms with E-state index in [1.807, 2.05) is 12.1 Å². The van der Waals surface area contributed by atoms with Gasteiger partial charge in [-0.1, -0.05) is 35.7 Å². The van der Waals surface area contributed by atoms with Gasteiger partial charge in [0.1, 0.15) is 6.29 Å². The molecule has 0 spiro atoms. The molecule has 0 saturated carbocycles. The van der Waals surface area contributed by atoms with Gasteiger partial charge >= 0.3 is 0 Å². The third-order valence-corrected chi connectivity index (χ3v) is 5.00. The molecule has 1 amide bonds. The summed E-state index contributed by atoms with van der Waals surface area (Å²) in [5, 5.41) is 0.653. The Bertz CT molecular complexity index is 579. The Hall–Kier alpha value is -1.37. The van der Waals surface area contributed by atoms with Crippen molar-refractivity contribution in [3.8, 4) is 0 Å². The van der Waals surface area contributed by atoms with E-state index in [4.69, 9.17) is 11.6 Å². The van der Waals surface area contributed by atoms with Crippen LogP contribution in [0.2, 0.25) is 5.02 Å². The molecule has 1 aromatic rings. The van der Waals surface area contributed by atoms with Crippen LogP contribution in [0.25, 0.3) is 0 Å². The minimum atomic E-state index is -0.466. The molecule has 2 unspecified atom stereocenters. The topological polar surface area (TPSA) is 66.5 Å². The van der Waals surface area contributed by atoms with Crippen LogP contribution in [-0.2, 0) is 20.9 Å². The first-order valence-corrected chi connectivity index (χ1v) is 8.71. The summed E-state index contributed by atoms with van der Waals surface area (Å²) in [4.78, 5) is 36.7. The van der Waals surface area contributed by atoms with E-state index in [2.05, 4.69) is 4.72 Å². The van der Waals surface area contributed by atoms with Crippen LogP contribution in [0, 0.1) is 5.92 Å². The van der Waals surface area contributed by atoms with Gasteiger partial charge in [-0.25, -0.2) is 0 Å². The normalized spacial score (nSPS) is 20.3. The first-order chi connectivity index (χ1) is 11.0. The Morgan fingerprint density at radius 2 is 2.04 bits per heavy atom. The van der Waals surface area contributed by atoms with E-state index in [9.17, 15) is 14.4 Å². The summed E-state index contributed by atoms with van der Waals surface area (Å²) in [6.45, 7) is 0.471. The summed E-state index contributed by atoms with van der Waals surface area (Å²) in [5.74, 6) is 0.126.